The first kappa shape index (κ1) is 13.6. The topological polar surface area (TPSA) is 62.0 Å². The number of halogens is 1. The predicted molar refractivity (Wildman–Crippen MR) is 69.4 cm³/mol. The minimum Gasteiger partial charge on any atom is -0.510 e. The van der Waals surface area contributed by atoms with E-state index in [-0.39, 0.29) is 17.2 Å². The van der Waals surface area contributed by atoms with Crippen molar-refractivity contribution in [2.24, 2.45) is 10.2 Å². The molecule has 0 heterocycles. The van der Waals surface area contributed by atoms with Gasteiger partial charge >= 0.3 is 0 Å². The van der Waals surface area contributed by atoms with E-state index in [1.807, 2.05) is 19.1 Å². The number of carbonyl (C=O) groups excluding carboxylic acids is 1. The first-order valence-corrected chi connectivity index (χ1v) is 5.79. The van der Waals surface area contributed by atoms with Crippen LogP contribution in [0.15, 0.2) is 44.4 Å². The van der Waals surface area contributed by atoms with Gasteiger partial charge in [-0.3, -0.25) is 4.79 Å². The molecule has 0 aliphatic carbocycles. The molecule has 90 valence electrons. The highest BCUT2D eigenvalue weighted by Crippen LogP contribution is 2.27. The van der Waals surface area contributed by atoms with Gasteiger partial charge < -0.3 is 5.11 Å². The fourth-order valence-corrected chi connectivity index (χ4v) is 1.77. The fourth-order valence-electron chi connectivity index (χ4n) is 1.19. The van der Waals surface area contributed by atoms with Gasteiger partial charge in [-0.05, 0) is 47.5 Å². The molecule has 1 aromatic rings. The number of aliphatic hydroxyl groups is 1. The summed E-state index contributed by atoms with van der Waals surface area (Å²) in [5.74, 6) is -0.457. The minimum atomic E-state index is -0.322. The van der Waals surface area contributed by atoms with Gasteiger partial charge in [0, 0.05) is 11.4 Å². The number of ketones is 1. The van der Waals surface area contributed by atoms with Crippen LogP contribution < -0.4 is 0 Å². The minimum absolute atomic E-state index is 0.0301. The van der Waals surface area contributed by atoms with E-state index in [1.54, 1.807) is 6.07 Å². The lowest BCUT2D eigenvalue weighted by atomic mass is 10.2. The van der Waals surface area contributed by atoms with Crippen LogP contribution in [-0.2, 0) is 4.79 Å². The number of Topliss-reactive ketones (excluding diaryl/α,β-unsaturated/α-hetero) is 1. The third-order valence-electron chi connectivity index (χ3n) is 2.04. The number of aryl methyl sites for hydroxylation is 1. The van der Waals surface area contributed by atoms with Crippen molar-refractivity contribution in [3.63, 3.8) is 0 Å². The lowest BCUT2D eigenvalue weighted by Crippen LogP contribution is -1.96. The number of allylic oxidation sites excluding steroid dienone is 2. The second kappa shape index (κ2) is 5.72. The summed E-state index contributed by atoms with van der Waals surface area (Å²) in [5, 5.41) is 17.0. The quantitative estimate of drug-likeness (QED) is 0.516. The maximum Gasteiger partial charge on any atom is 0.183 e. The zero-order chi connectivity index (χ0) is 13.0. The smallest absolute Gasteiger partial charge is 0.183 e. The standard InChI is InChI=1S/C12H13BrN2O2/c1-7-4-5-11(10(13)6-7)14-15-12(8(2)16)9(3)17/h4-6,16H,1-3H3/b12-8-,15-14?. The molecule has 17 heavy (non-hydrogen) atoms. The molecule has 5 heteroatoms. The number of hydrogen-bond donors (Lipinski definition) is 1. The maximum absolute atomic E-state index is 11.2. The highest BCUT2D eigenvalue weighted by Gasteiger charge is 2.07. The average molecular weight is 297 g/mol. The average Bonchev–Trinajstić information content (AvgIpc) is 2.20. The third kappa shape index (κ3) is 3.78. The monoisotopic (exact) mass is 296 g/mol. The summed E-state index contributed by atoms with van der Waals surface area (Å²) in [5.41, 5.74) is 1.67. The Kier molecular flexibility index (Phi) is 4.57. The highest BCUT2D eigenvalue weighted by molar-refractivity contribution is 9.10. The molecular weight excluding hydrogens is 284 g/mol. The van der Waals surface area contributed by atoms with E-state index in [9.17, 15) is 9.90 Å². The van der Waals surface area contributed by atoms with E-state index in [0.717, 1.165) is 10.0 Å². The number of benzene rings is 1. The maximum atomic E-state index is 11.2. The van der Waals surface area contributed by atoms with Crippen LogP contribution in [-0.4, -0.2) is 10.9 Å². The molecule has 1 aromatic carbocycles. The molecule has 0 amide bonds. The molecule has 1 rings (SSSR count). The van der Waals surface area contributed by atoms with Crippen LogP contribution >= 0.6 is 15.9 Å². The van der Waals surface area contributed by atoms with Crippen LogP contribution in [0.1, 0.15) is 19.4 Å². The number of rotatable bonds is 3. The normalized spacial score (nSPS) is 12.7. The van der Waals surface area contributed by atoms with Crippen molar-refractivity contribution in [2.75, 3.05) is 0 Å². The SMILES string of the molecule is CC(=O)/C(N=Nc1ccc(C)cc1Br)=C(\C)O. The van der Waals surface area contributed by atoms with E-state index in [4.69, 9.17) is 0 Å². The van der Waals surface area contributed by atoms with Crippen molar-refractivity contribution in [3.8, 4) is 0 Å². The van der Waals surface area contributed by atoms with Crippen LogP contribution in [0.25, 0.3) is 0 Å². The Hall–Kier alpha value is -1.49. The van der Waals surface area contributed by atoms with Crippen molar-refractivity contribution in [3.05, 3.63) is 39.7 Å². The van der Waals surface area contributed by atoms with Crippen LogP contribution in [0.5, 0.6) is 0 Å². The van der Waals surface area contributed by atoms with E-state index in [2.05, 4.69) is 26.2 Å². The van der Waals surface area contributed by atoms with Gasteiger partial charge in [0.15, 0.2) is 11.5 Å². The Balaban J connectivity index is 3.05. The summed E-state index contributed by atoms with van der Waals surface area (Å²) in [4.78, 5) is 11.2. The Labute approximate surface area is 108 Å². The van der Waals surface area contributed by atoms with Gasteiger partial charge in [-0.1, -0.05) is 6.07 Å². The van der Waals surface area contributed by atoms with Crippen molar-refractivity contribution < 1.29 is 9.90 Å². The Bertz CT molecular complexity index is 503. The van der Waals surface area contributed by atoms with Gasteiger partial charge in [0.1, 0.15) is 5.76 Å². The van der Waals surface area contributed by atoms with Crippen LogP contribution in [0.2, 0.25) is 0 Å². The molecule has 0 bridgehead atoms. The number of nitrogens with zero attached hydrogens (tertiary/aromatic N) is 2. The van der Waals surface area contributed by atoms with E-state index in [1.165, 1.54) is 13.8 Å². The molecule has 0 aromatic heterocycles. The van der Waals surface area contributed by atoms with Crippen molar-refractivity contribution in [2.45, 2.75) is 20.8 Å². The number of aliphatic hydroxyl groups excluding tert-OH is 1. The van der Waals surface area contributed by atoms with Crippen molar-refractivity contribution in [1.29, 1.82) is 0 Å². The molecule has 1 N–H and O–H groups in total. The molecule has 0 radical (unpaired) electrons. The molecule has 0 fully saturated rings. The summed E-state index contributed by atoms with van der Waals surface area (Å²) in [6.45, 7) is 4.70. The molecule has 0 aliphatic rings. The Morgan fingerprint density at radius 3 is 2.47 bits per heavy atom. The molecule has 0 saturated heterocycles. The summed E-state index contributed by atoms with van der Waals surface area (Å²) >= 11 is 3.35. The summed E-state index contributed by atoms with van der Waals surface area (Å²) in [6.07, 6.45) is 0. The van der Waals surface area contributed by atoms with Gasteiger partial charge in [0.2, 0.25) is 0 Å². The van der Waals surface area contributed by atoms with Crippen LogP contribution in [0.3, 0.4) is 0 Å². The Morgan fingerprint density at radius 2 is 2.00 bits per heavy atom. The summed E-state index contributed by atoms with van der Waals surface area (Å²) in [6, 6.07) is 5.58. The summed E-state index contributed by atoms with van der Waals surface area (Å²) < 4.78 is 0.791. The Morgan fingerprint density at radius 1 is 1.35 bits per heavy atom. The van der Waals surface area contributed by atoms with E-state index >= 15 is 0 Å². The summed E-state index contributed by atoms with van der Waals surface area (Å²) in [7, 11) is 0. The van der Waals surface area contributed by atoms with E-state index in [0.29, 0.717) is 5.69 Å². The van der Waals surface area contributed by atoms with E-state index < -0.39 is 0 Å². The van der Waals surface area contributed by atoms with Gasteiger partial charge in [0.05, 0.1) is 5.69 Å². The van der Waals surface area contributed by atoms with Gasteiger partial charge in [-0.15, -0.1) is 10.2 Å². The molecule has 0 atom stereocenters. The lowest BCUT2D eigenvalue weighted by Gasteiger charge is -2.00. The zero-order valence-electron chi connectivity index (χ0n) is 9.86. The molecular formula is C12H13BrN2O2. The largest absolute Gasteiger partial charge is 0.510 e. The number of azo groups is 1. The van der Waals surface area contributed by atoms with Crippen LogP contribution in [0.4, 0.5) is 5.69 Å². The number of hydrogen-bond acceptors (Lipinski definition) is 4. The van der Waals surface area contributed by atoms with Crippen molar-refractivity contribution in [1.82, 2.24) is 0 Å². The fraction of sp³-hybridized carbons (Fsp3) is 0.250. The number of carbonyl (C=O) groups is 1. The second-order valence-electron chi connectivity index (χ2n) is 3.65. The first-order valence-electron chi connectivity index (χ1n) is 5.00. The molecule has 0 aliphatic heterocycles. The zero-order valence-corrected chi connectivity index (χ0v) is 11.4. The predicted octanol–water partition coefficient (Wildman–Crippen LogP) is 4.22. The lowest BCUT2D eigenvalue weighted by molar-refractivity contribution is -0.113. The highest BCUT2D eigenvalue weighted by atomic mass is 79.9. The molecule has 0 saturated carbocycles. The van der Waals surface area contributed by atoms with Gasteiger partial charge in [0.25, 0.3) is 0 Å². The van der Waals surface area contributed by atoms with Gasteiger partial charge in [-0.25, -0.2) is 0 Å². The second-order valence-corrected chi connectivity index (χ2v) is 4.50. The third-order valence-corrected chi connectivity index (χ3v) is 2.67. The molecule has 0 spiro atoms. The van der Waals surface area contributed by atoms with Gasteiger partial charge in [-0.2, -0.15) is 0 Å². The van der Waals surface area contributed by atoms with Crippen LogP contribution in [0, 0.1) is 6.92 Å². The molecule has 0 unspecified atom stereocenters. The molecule has 4 nitrogen and oxygen atoms in total. The first-order chi connectivity index (χ1) is 7.91. The van der Waals surface area contributed by atoms with Crippen molar-refractivity contribution >= 4 is 27.4 Å².